The van der Waals surface area contributed by atoms with Crippen LogP contribution in [0.15, 0.2) is 60.0 Å². The van der Waals surface area contributed by atoms with Gasteiger partial charge in [0.2, 0.25) is 0 Å². The van der Waals surface area contributed by atoms with Gasteiger partial charge in [0, 0.05) is 23.9 Å². The third-order valence-corrected chi connectivity index (χ3v) is 6.82. The number of ketones is 1. The van der Waals surface area contributed by atoms with E-state index < -0.39 is 0 Å². The molecule has 0 radical (unpaired) electrons. The van der Waals surface area contributed by atoms with Crippen molar-refractivity contribution in [1.82, 2.24) is 9.78 Å². The number of halogens is 1. The predicted molar refractivity (Wildman–Crippen MR) is 176 cm³/mol. The van der Waals surface area contributed by atoms with Gasteiger partial charge in [0.15, 0.2) is 5.78 Å². The number of aromatic nitrogens is 2. The lowest BCUT2D eigenvalue weighted by molar-refractivity contribution is -0.115. The van der Waals surface area contributed by atoms with E-state index in [2.05, 4.69) is 62.1 Å². The number of benzene rings is 1. The van der Waals surface area contributed by atoms with Gasteiger partial charge in [-0.25, -0.2) is 4.39 Å². The Morgan fingerprint density at radius 1 is 1.05 bits per heavy atom. The molecule has 1 aliphatic carbocycles. The van der Waals surface area contributed by atoms with Gasteiger partial charge in [-0.15, -0.1) is 6.58 Å². The predicted octanol–water partition coefficient (Wildman–Crippen LogP) is 9.41. The second-order valence-corrected chi connectivity index (χ2v) is 10.6. The van der Waals surface area contributed by atoms with E-state index in [1.807, 2.05) is 27.0 Å². The summed E-state index contributed by atoms with van der Waals surface area (Å²) in [5.74, 6) is 0.135. The van der Waals surface area contributed by atoms with Crippen molar-refractivity contribution in [1.29, 1.82) is 0 Å². The van der Waals surface area contributed by atoms with Crippen LogP contribution in [0.4, 0.5) is 10.1 Å². The summed E-state index contributed by atoms with van der Waals surface area (Å²) in [5, 5.41) is 4.43. The maximum absolute atomic E-state index is 13.0. The molecule has 1 fully saturated rings. The quantitative estimate of drug-likeness (QED) is 0.152. The van der Waals surface area contributed by atoms with E-state index >= 15 is 0 Å². The number of nitrogens with zero attached hydrogens (tertiary/aromatic N) is 2. The monoisotopic (exact) mass is 568 g/mol. The Balaban J connectivity index is 0.000000581. The number of carbonyl (C=O) groups is 1. The molecule has 230 valence electrons. The first-order valence-corrected chi connectivity index (χ1v) is 15.2. The Morgan fingerprint density at radius 3 is 2.17 bits per heavy atom. The van der Waals surface area contributed by atoms with Crippen LogP contribution in [0.1, 0.15) is 123 Å². The summed E-state index contributed by atoms with van der Waals surface area (Å²) < 4.78 is 15.1. The highest BCUT2D eigenvalue weighted by Crippen LogP contribution is 2.35. The van der Waals surface area contributed by atoms with Gasteiger partial charge in [-0.3, -0.25) is 9.48 Å². The molecule has 1 saturated carbocycles. The summed E-state index contributed by atoms with van der Waals surface area (Å²) in [6.07, 6.45) is 16.7. The van der Waals surface area contributed by atoms with E-state index in [1.54, 1.807) is 12.1 Å². The third-order valence-electron chi connectivity index (χ3n) is 6.82. The molecule has 3 rings (SSSR count). The molecule has 1 aliphatic rings. The molecule has 0 amide bonds. The first kappa shape index (κ1) is 38.0. The van der Waals surface area contributed by atoms with Crippen molar-refractivity contribution in [2.75, 3.05) is 12.8 Å². The summed E-state index contributed by atoms with van der Waals surface area (Å²) in [5.41, 5.74) is 17.3. The minimum atomic E-state index is -0.188. The zero-order chi connectivity index (χ0) is 31.4. The highest BCUT2D eigenvalue weighted by Gasteiger charge is 2.24. The highest BCUT2D eigenvalue weighted by molar-refractivity contribution is 5.95. The number of hydrogen-bond donors (Lipinski definition) is 2. The topological polar surface area (TPSA) is 86.9 Å². The second-order valence-electron chi connectivity index (χ2n) is 10.6. The molecular weight excluding hydrogens is 511 g/mol. The van der Waals surface area contributed by atoms with Crippen LogP contribution in [0.25, 0.3) is 5.57 Å². The number of hydrogen-bond acceptors (Lipinski definition) is 4. The zero-order valence-electron chi connectivity index (χ0n) is 27.2. The zero-order valence-corrected chi connectivity index (χ0v) is 27.2. The number of rotatable bonds is 12. The van der Waals surface area contributed by atoms with Crippen LogP contribution in [0.5, 0.6) is 0 Å². The third kappa shape index (κ3) is 15.6. The number of allylic oxidation sites excluding steroid dienone is 5. The Hall–Kier alpha value is -2.99. The number of nitrogen functional groups attached to an aromatic ring is 1. The van der Waals surface area contributed by atoms with Crippen LogP contribution in [-0.2, 0) is 11.2 Å². The molecule has 0 spiro atoms. The SMILES string of the molecule is C=C(C)CC/C(=C\C)c1cnn(C2CC2)c1.CCCC(=O)/C(C)=C(/C)CCC.CCCc1ccc(N)cc1F.CN. The van der Waals surface area contributed by atoms with Crippen molar-refractivity contribution in [2.24, 2.45) is 5.73 Å². The molecule has 0 saturated heterocycles. The van der Waals surface area contributed by atoms with Crippen LogP contribution in [-0.4, -0.2) is 22.6 Å². The molecule has 5 nitrogen and oxygen atoms in total. The van der Waals surface area contributed by atoms with Gasteiger partial charge >= 0.3 is 0 Å². The molecule has 1 aromatic carbocycles. The van der Waals surface area contributed by atoms with Gasteiger partial charge in [-0.2, -0.15) is 5.10 Å². The van der Waals surface area contributed by atoms with Crippen molar-refractivity contribution in [3.8, 4) is 0 Å². The molecule has 1 heterocycles. The molecule has 6 heteroatoms. The van der Waals surface area contributed by atoms with Gasteiger partial charge in [-0.1, -0.05) is 56.9 Å². The van der Waals surface area contributed by atoms with Crippen LogP contribution >= 0.6 is 0 Å². The number of carbonyl (C=O) groups excluding carboxylic acids is 1. The van der Waals surface area contributed by atoms with Gasteiger partial charge in [0.1, 0.15) is 5.82 Å². The molecule has 4 N–H and O–H groups in total. The molecular formula is C35H57FN4O. The summed E-state index contributed by atoms with van der Waals surface area (Å²) in [6, 6.07) is 5.51. The van der Waals surface area contributed by atoms with Crippen LogP contribution < -0.4 is 11.5 Å². The smallest absolute Gasteiger partial charge is 0.158 e. The number of Topliss-reactive ketones (excluding diaryl/α,β-unsaturated/α-hetero) is 1. The number of nitrogens with two attached hydrogens (primary N) is 2. The van der Waals surface area contributed by atoms with E-state index in [1.165, 1.54) is 48.2 Å². The van der Waals surface area contributed by atoms with E-state index in [4.69, 9.17) is 5.73 Å². The maximum atomic E-state index is 13.0. The average Bonchev–Trinajstić information content (AvgIpc) is 3.69. The van der Waals surface area contributed by atoms with Crippen LogP contribution in [0, 0.1) is 5.82 Å². The Morgan fingerprint density at radius 2 is 1.68 bits per heavy atom. The standard InChI is InChI=1S/C14H20N2.C11H20O.C9H12FN.CH5N/c1-4-12(6-5-11(2)3)13-9-15-16(10-13)14-7-8-14;1-5-7-9(3)10(4)11(12)8-6-2;1-2-3-7-4-5-8(11)6-9(7)10;1-2/h4,9-10,14H,2,5-8H2,1,3H3;5-8H2,1-4H3;4-6H,2-3,11H2,1H3;2H2,1H3/b12-4+;10-9-;;. The van der Waals surface area contributed by atoms with Crippen molar-refractivity contribution >= 4 is 17.0 Å². The Kier molecular flexibility index (Phi) is 20.1. The van der Waals surface area contributed by atoms with Gasteiger partial charge in [-0.05, 0) is 109 Å². The minimum absolute atomic E-state index is 0.188. The van der Waals surface area contributed by atoms with Gasteiger partial charge in [0.05, 0.1) is 12.2 Å². The normalized spacial score (nSPS) is 13.0. The lowest BCUT2D eigenvalue weighted by Gasteiger charge is -2.04. The molecule has 0 bridgehead atoms. The van der Waals surface area contributed by atoms with Crippen molar-refractivity contribution in [3.05, 3.63) is 76.9 Å². The van der Waals surface area contributed by atoms with Crippen molar-refractivity contribution in [3.63, 3.8) is 0 Å². The lowest BCUT2D eigenvalue weighted by Crippen LogP contribution is -2.01. The lowest BCUT2D eigenvalue weighted by atomic mass is 10.0. The first-order chi connectivity index (χ1) is 19.6. The average molecular weight is 569 g/mol. The fourth-order valence-corrected chi connectivity index (χ4v) is 4.10. The van der Waals surface area contributed by atoms with E-state index in [0.717, 1.165) is 56.1 Å². The first-order valence-electron chi connectivity index (χ1n) is 15.2. The van der Waals surface area contributed by atoms with E-state index in [9.17, 15) is 9.18 Å². The van der Waals surface area contributed by atoms with Crippen LogP contribution in [0.2, 0.25) is 0 Å². The van der Waals surface area contributed by atoms with E-state index in [0.29, 0.717) is 23.9 Å². The van der Waals surface area contributed by atoms with Crippen molar-refractivity contribution in [2.45, 2.75) is 119 Å². The van der Waals surface area contributed by atoms with Crippen LogP contribution in [0.3, 0.4) is 0 Å². The van der Waals surface area contributed by atoms with Crippen molar-refractivity contribution < 1.29 is 9.18 Å². The molecule has 0 unspecified atom stereocenters. The van der Waals surface area contributed by atoms with E-state index in [-0.39, 0.29) is 5.82 Å². The minimum Gasteiger partial charge on any atom is -0.399 e. The summed E-state index contributed by atoms with van der Waals surface area (Å²) in [6.45, 7) is 18.3. The molecule has 41 heavy (non-hydrogen) atoms. The maximum Gasteiger partial charge on any atom is 0.158 e. The molecule has 0 atom stereocenters. The fraction of sp³-hybridized carbons (Fsp3) is 0.543. The number of anilines is 1. The second kappa shape index (κ2) is 21.7. The summed E-state index contributed by atoms with van der Waals surface area (Å²) in [7, 11) is 1.50. The highest BCUT2D eigenvalue weighted by atomic mass is 19.1. The van der Waals surface area contributed by atoms with Gasteiger partial charge in [0.25, 0.3) is 0 Å². The molecule has 2 aromatic rings. The van der Waals surface area contributed by atoms with Gasteiger partial charge < -0.3 is 11.5 Å². The fourth-order valence-electron chi connectivity index (χ4n) is 4.10. The molecule has 1 aromatic heterocycles. The summed E-state index contributed by atoms with van der Waals surface area (Å²) >= 11 is 0. The Labute approximate surface area is 250 Å². The largest absolute Gasteiger partial charge is 0.399 e. The Bertz CT molecular complexity index is 1110. The summed E-state index contributed by atoms with van der Waals surface area (Å²) in [4.78, 5) is 11.4. The molecule has 0 aliphatic heterocycles. The number of aryl methyl sites for hydroxylation is 1.